The zero-order valence-electron chi connectivity index (χ0n) is 11.4. The number of rotatable bonds is 5. The minimum Gasteiger partial charge on any atom is -0.207 e. The summed E-state index contributed by atoms with van der Waals surface area (Å²) in [5.41, 5.74) is 0.385. The van der Waals surface area contributed by atoms with Crippen molar-refractivity contribution in [1.82, 2.24) is 4.72 Å². The molecule has 18 heavy (non-hydrogen) atoms. The summed E-state index contributed by atoms with van der Waals surface area (Å²) < 4.78 is 27.3. The van der Waals surface area contributed by atoms with Crippen LogP contribution >= 0.6 is 0 Å². The van der Waals surface area contributed by atoms with Crippen molar-refractivity contribution in [1.29, 1.82) is 0 Å². The fraction of sp³-hybridized carbons (Fsp3) is 0.500. The quantitative estimate of drug-likeness (QED) is 0.892. The van der Waals surface area contributed by atoms with Crippen molar-refractivity contribution >= 4 is 10.0 Å². The van der Waals surface area contributed by atoms with E-state index in [4.69, 9.17) is 0 Å². The van der Waals surface area contributed by atoms with E-state index in [1.165, 1.54) is 0 Å². The second-order valence-corrected chi connectivity index (χ2v) is 7.07. The Bertz CT molecular complexity index is 487. The van der Waals surface area contributed by atoms with Crippen LogP contribution in [0.2, 0.25) is 0 Å². The largest absolute Gasteiger partial charge is 0.241 e. The van der Waals surface area contributed by atoms with E-state index in [2.05, 4.69) is 11.6 Å². The van der Waals surface area contributed by atoms with Gasteiger partial charge in [0.2, 0.25) is 10.0 Å². The first-order valence-corrected chi connectivity index (χ1v) is 7.66. The van der Waals surface area contributed by atoms with Crippen molar-refractivity contribution in [2.24, 2.45) is 0 Å². The molecule has 0 aliphatic rings. The third-order valence-corrected chi connectivity index (χ3v) is 4.26. The molecule has 0 saturated heterocycles. The smallest absolute Gasteiger partial charge is 0.207 e. The maximum atomic E-state index is 12.3. The summed E-state index contributed by atoms with van der Waals surface area (Å²) in [5, 5.41) is 0. The summed E-state index contributed by atoms with van der Waals surface area (Å²) in [6.45, 7) is 9.30. The molecule has 4 heteroatoms. The molecule has 0 spiro atoms. The fourth-order valence-electron chi connectivity index (χ4n) is 1.75. The average Bonchev–Trinajstić information content (AvgIpc) is 2.23. The third kappa shape index (κ3) is 4.42. The van der Waals surface area contributed by atoms with Crippen molar-refractivity contribution in [2.75, 3.05) is 0 Å². The Morgan fingerprint density at radius 1 is 1.22 bits per heavy atom. The lowest BCUT2D eigenvalue weighted by molar-refractivity contribution is 0.491. The lowest BCUT2D eigenvalue weighted by atomic mass is 10.1. The highest BCUT2D eigenvalue weighted by atomic mass is 32.2. The van der Waals surface area contributed by atoms with Gasteiger partial charge in [-0.25, -0.2) is 13.1 Å². The number of benzene rings is 1. The monoisotopic (exact) mass is 268 g/mol. The molecule has 0 heterocycles. The lowest BCUT2D eigenvalue weighted by Crippen LogP contribution is -2.40. The van der Waals surface area contributed by atoms with Crippen LogP contribution in [-0.2, 0) is 16.4 Å². The Morgan fingerprint density at radius 3 is 2.39 bits per heavy atom. The molecule has 1 radical (unpaired) electrons. The second kappa shape index (κ2) is 5.85. The van der Waals surface area contributed by atoms with Crippen LogP contribution in [0, 0.1) is 6.92 Å². The van der Waals surface area contributed by atoms with Crippen molar-refractivity contribution in [3.63, 3.8) is 0 Å². The molecule has 0 aromatic heterocycles. The maximum Gasteiger partial charge on any atom is 0.241 e. The fourth-order valence-corrected chi connectivity index (χ4v) is 3.44. The molecule has 1 aromatic rings. The van der Waals surface area contributed by atoms with Gasteiger partial charge in [0.05, 0.1) is 4.90 Å². The molecule has 0 fully saturated rings. The Hall–Kier alpha value is -0.870. The van der Waals surface area contributed by atoms with E-state index < -0.39 is 15.6 Å². The van der Waals surface area contributed by atoms with Crippen molar-refractivity contribution in [2.45, 2.75) is 50.5 Å². The standard InChI is InChI=1S/C14H22NO2S/c1-5-6-9-12-10-7-8-11-13(12)18(16,17)15-14(2,3)4/h7-8,10-11,15H,1,5-6,9H2,2-4H3. The number of unbranched alkanes of at least 4 members (excludes halogenated alkanes) is 1. The Morgan fingerprint density at radius 2 is 1.83 bits per heavy atom. The van der Waals surface area contributed by atoms with Gasteiger partial charge in [0.15, 0.2) is 0 Å². The Labute approximate surface area is 111 Å². The summed E-state index contributed by atoms with van der Waals surface area (Å²) in [7, 11) is -3.45. The summed E-state index contributed by atoms with van der Waals surface area (Å²) in [4.78, 5) is 0.383. The Kier molecular flexibility index (Phi) is 4.93. The van der Waals surface area contributed by atoms with Crippen LogP contribution in [0.4, 0.5) is 0 Å². The molecule has 1 aromatic carbocycles. The zero-order chi connectivity index (χ0) is 13.8. The van der Waals surface area contributed by atoms with Crippen LogP contribution < -0.4 is 4.72 Å². The first-order valence-electron chi connectivity index (χ1n) is 6.17. The SMILES string of the molecule is [CH2]CCCc1ccccc1S(=O)(=O)NC(C)(C)C. The van der Waals surface area contributed by atoms with Crippen LogP contribution in [0.15, 0.2) is 29.2 Å². The van der Waals surface area contributed by atoms with E-state index >= 15 is 0 Å². The van der Waals surface area contributed by atoms with Crippen LogP contribution in [0.25, 0.3) is 0 Å². The lowest BCUT2D eigenvalue weighted by Gasteiger charge is -2.21. The number of nitrogens with one attached hydrogen (secondary N) is 1. The molecule has 1 N–H and O–H groups in total. The summed E-state index contributed by atoms with van der Waals surface area (Å²) in [5.74, 6) is 0. The predicted molar refractivity (Wildman–Crippen MR) is 74.8 cm³/mol. The first-order chi connectivity index (χ1) is 8.26. The molecule has 0 saturated carbocycles. The minimum atomic E-state index is -3.45. The molecule has 0 atom stereocenters. The van der Waals surface area contributed by atoms with Gasteiger partial charge in [-0.1, -0.05) is 31.5 Å². The van der Waals surface area contributed by atoms with Gasteiger partial charge in [-0.2, -0.15) is 0 Å². The zero-order valence-corrected chi connectivity index (χ0v) is 12.2. The van der Waals surface area contributed by atoms with Gasteiger partial charge in [-0.15, -0.1) is 0 Å². The van der Waals surface area contributed by atoms with E-state index in [0.717, 1.165) is 24.8 Å². The third-order valence-electron chi connectivity index (χ3n) is 2.40. The van der Waals surface area contributed by atoms with E-state index in [0.29, 0.717) is 4.90 Å². The highest BCUT2D eigenvalue weighted by Crippen LogP contribution is 2.19. The molecule has 0 aliphatic heterocycles. The molecule has 101 valence electrons. The van der Waals surface area contributed by atoms with Gasteiger partial charge >= 0.3 is 0 Å². The molecular weight excluding hydrogens is 246 g/mol. The predicted octanol–water partition coefficient (Wildman–Crippen LogP) is 2.92. The van der Waals surface area contributed by atoms with Gasteiger partial charge in [-0.3, -0.25) is 0 Å². The topological polar surface area (TPSA) is 46.2 Å². The normalized spacial score (nSPS) is 12.7. The molecule has 1 rings (SSSR count). The van der Waals surface area contributed by atoms with Crippen molar-refractivity contribution in [3.8, 4) is 0 Å². The minimum absolute atomic E-state index is 0.383. The highest BCUT2D eigenvalue weighted by Gasteiger charge is 2.23. The van der Waals surface area contributed by atoms with Gasteiger partial charge < -0.3 is 0 Å². The number of hydrogen-bond donors (Lipinski definition) is 1. The number of hydrogen-bond acceptors (Lipinski definition) is 2. The molecule has 0 bridgehead atoms. The van der Waals surface area contributed by atoms with E-state index in [1.807, 2.05) is 32.9 Å². The van der Waals surface area contributed by atoms with Gasteiger partial charge in [0.25, 0.3) is 0 Å². The van der Waals surface area contributed by atoms with Crippen LogP contribution in [0.5, 0.6) is 0 Å². The molecular formula is C14H22NO2S. The van der Waals surface area contributed by atoms with E-state index in [1.54, 1.807) is 12.1 Å². The first kappa shape index (κ1) is 15.2. The summed E-state index contributed by atoms with van der Waals surface area (Å²) in [6.07, 6.45) is 2.44. The summed E-state index contributed by atoms with van der Waals surface area (Å²) in [6, 6.07) is 7.15. The molecule has 0 amide bonds. The molecule has 0 aliphatic carbocycles. The van der Waals surface area contributed by atoms with Gasteiger partial charge in [0, 0.05) is 5.54 Å². The van der Waals surface area contributed by atoms with Crippen molar-refractivity contribution < 1.29 is 8.42 Å². The maximum absolute atomic E-state index is 12.3. The average molecular weight is 268 g/mol. The molecule has 3 nitrogen and oxygen atoms in total. The summed E-state index contributed by atoms with van der Waals surface area (Å²) >= 11 is 0. The second-order valence-electron chi connectivity index (χ2n) is 5.42. The van der Waals surface area contributed by atoms with Crippen LogP contribution in [0.3, 0.4) is 0 Å². The van der Waals surface area contributed by atoms with Crippen LogP contribution in [-0.4, -0.2) is 14.0 Å². The number of sulfonamides is 1. The van der Waals surface area contributed by atoms with E-state index in [9.17, 15) is 8.42 Å². The number of aryl methyl sites for hydroxylation is 1. The van der Waals surface area contributed by atoms with Crippen molar-refractivity contribution in [3.05, 3.63) is 36.8 Å². The van der Waals surface area contributed by atoms with Gasteiger partial charge in [-0.05, 0) is 45.2 Å². The Balaban J connectivity index is 3.08. The van der Waals surface area contributed by atoms with Crippen LogP contribution in [0.1, 0.15) is 39.2 Å². The van der Waals surface area contributed by atoms with E-state index in [-0.39, 0.29) is 0 Å². The van der Waals surface area contributed by atoms with Gasteiger partial charge in [0.1, 0.15) is 0 Å². The highest BCUT2D eigenvalue weighted by molar-refractivity contribution is 7.89. The molecule has 0 unspecified atom stereocenters.